The number of aromatic amines is 1. The van der Waals surface area contributed by atoms with E-state index in [1.165, 1.54) is 25.3 Å². The van der Waals surface area contributed by atoms with E-state index in [9.17, 15) is 18.6 Å². The number of rotatable bonds is 4. The van der Waals surface area contributed by atoms with Gasteiger partial charge in [0, 0.05) is 0 Å². The van der Waals surface area contributed by atoms with E-state index in [2.05, 4.69) is 9.97 Å². The number of hydrogen-bond donors (Lipinski definition) is 3. The molecule has 1 aromatic carbocycles. The molecular weight excluding hydrogens is 268 g/mol. The standard InChI is InChI=1S/C12H14N2O4S/c1-8(15)11(16)10-7-13-12(14-10)19(17,18)9-5-3-2-4-6-9/h2-8,11,15-16H,1H3,(H,13,14)/t8-,11+/m0/s1. The lowest BCUT2D eigenvalue weighted by Crippen LogP contribution is -2.14. The first-order valence-corrected chi connectivity index (χ1v) is 7.12. The van der Waals surface area contributed by atoms with Crippen LogP contribution in [-0.2, 0) is 9.84 Å². The lowest BCUT2D eigenvalue weighted by Gasteiger charge is -2.10. The fourth-order valence-corrected chi connectivity index (χ4v) is 2.76. The van der Waals surface area contributed by atoms with Gasteiger partial charge in [-0.25, -0.2) is 13.4 Å². The number of sulfone groups is 1. The maximum Gasteiger partial charge on any atom is 0.239 e. The van der Waals surface area contributed by atoms with Gasteiger partial charge in [0.25, 0.3) is 0 Å². The largest absolute Gasteiger partial charge is 0.390 e. The van der Waals surface area contributed by atoms with E-state index in [-0.39, 0.29) is 15.7 Å². The Balaban J connectivity index is 2.38. The van der Waals surface area contributed by atoms with Crippen LogP contribution in [0.15, 0.2) is 46.6 Å². The molecule has 3 N–H and O–H groups in total. The van der Waals surface area contributed by atoms with Crippen molar-refractivity contribution in [2.45, 2.75) is 29.2 Å². The Morgan fingerprint density at radius 3 is 2.42 bits per heavy atom. The molecule has 0 aliphatic rings. The summed E-state index contributed by atoms with van der Waals surface area (Å²) in [5.74, 6) is 0. The van der Waals surface area contributed by atoms with Gasteiger partial charge in [0.1, 0.15) is 6.10 Å². The predicted octanol–water partition coefficient (Wildman–Crippen LogP) is 0.657. The van der Waals surface area contributed by atoms with Crippen LogP contribution in [0.2, 0.25) is 0 Å². The first-order valence-electron chi connectivity index (χ1n) is 5.64. The van der Waals surface area contributed by atoms with Gasteiger partial charge in [-0.15, -0.1) is 0 Å². The summed E-state index contributed by atoms with van der Waals surface area (Å²) < 4.78 is 24.4. The maximum absolute atomic E-state index is 12.2. The smallest absolute Gasteiger partial charge is 0.239 e. The molecule has 1 heterocycles. The van der Waals surface area contributed by atoms with Crippen LogP contribution in [0.3, 0.4) is 0 Å². The molecule has 0 saturated carbocycles. The molecule has 19 heavy (non-hydrogen) atoms. The summed E-state index contributed by atoms with van der Waals surface area (Å²) >= 11 is 0. The van der Waals surface area contributed by atoms with Crippen molar-refractivity contribution in [3.8, 4) is 0 Å². The third-order valence-electron chi connectivity index (χ3n) is 2.66. The Bertz CT molecular complexity index is 649. The second kappa shape index (κ2) is 5.12. The van der Waals surface area contributed by atoms with E-state index in [4.69, 9.17) is 0 Å². The zero-order valence-corrected chi connectivity index (χ0v) is 11.0. The molecule has 0 amide bonds. The van der Waals surface area contributed by atoms with E-state index in [0.717, 1.165) is 0 Å². The monoisotopic (exact) mass is 282 g/mol. The highest BCUT2D eigenvalue weighted by atomic mass is 32.2. The van der Waals surface area contributed by atoms with Crippen LogP contribution in [0.4, 0.5) is 0 Å². The van der Waals surface area contributed by atoms with Gasteiger partial charge in [-0.3, -0.25) is 0 Å². The van der Waals surface area contributed by atoms with Gasteiger partial charge in [0.05, 0.1) is 22.9 Å². The van der Waals surface area contributed by atoms with Crippen molar-refractivity contribution >= 4 is 9.84 Å². The highest BCUT2D eigenvalue weighted by molar-refractivity contribution is 7.91. The van der Waals surface area contributed by atoms with Crippen LogP contribution in [0.25, 0.3) is 0 Å². The summed E-state index contributed by atoms with van der Waals surface area (Å²) in [5.41, 5.74) is 0.157. The highest BCUT2D eigenvalue weighted by Crippen LogP contribution is 2.20. The molecule has 0 fully saturated rings. The van der Waals surface area contributed by atoms with Crippen LogP contribution in [0.5, 0.6) is 0 Å². The quantitative estimate of drug-likeness (QED) is 0.764. The van der Waals surface area contributed by atoms with E-state index < -0.39 is 22.0 Å². The lowest BCUT2D eigenvalue weighted by atomic mass is 10.2. The molecule has 6 nitrogen and oxygen atoms in total. The molecule has 102 valence electrons. The van der Waals surface area contributed by atoms with E-state index in [1.54, 1.807) is 18.2 Å². The third-order valence-corrected chi connectivity index (χ3v) is 4.27. The summed E-state index contributed by atoms with van der Waals surface area (Å²) in [5, 5.41) is 18.6. The summed E-state index contributed by atoms with van der Waals surface area (Å²) in [7, 11) is -3.74. The van der Waals surface area contributed by atoms with Crippen molar-refractivity contribution in [2.75, 3.05) is 0 Å². The Labute approximate surface area is 110 Å². The molecule has 7 heteroatoms. The fourth-order valence-electron chi connectivity index (χ4n) is 1.57. The van der Waals surface area contributed by atoms with Crippen LogP contribution in [0.1, 0.15) is 18.7 Å². The zero-order valence-electron chi connectivity index (χ0n) is 10.2. The van der Waals surface area contributed by atoms with Crippen molar-refractivity contribution < 1.29 is 18.6 Å². The van der Waals surface area contributed by atoms with Crippen LogP contribution in [-0.4, -0.2) is 34.7 Å². The number of hydrogen-bond acceptors (Lipinski definition) is 5. The topological polar surface area (TPSA) is 103 Å². The number of H-pyrrole nitrogens is 1. The normalized spacial score (nSPS) is 15.1. The molecule has 0 aliphatic carbocycles. The lowest BCUT2D eigenvalue weighted by molar-refractivity contribution is 0.0279. The van der Waals surface area contributed by atoms with Gasteiger partial charge < -0.3 is 15.2 Å². The molecular formula is C12H14N2O4S. The molecule has 2 atom stereocenters. The third kappa shape index (κ3) is 2.67. The number of imidazole rings is 1. The number of benzene rings is 1. The predicted molar refractivity (Wildman–Crippen MR) is 67.1 cm³/mol. The second-order valence-corrected chi connectivity index (χ2v) is 6.01. The van der Waals surface area contributed by atoms with Crippen molar-refractivity contribution in [3.05, 3.63) is 42.2 Å². The Kier molecular flexibility index (Phi) is 3.70. The molecule has 0 unspecified atom stereocenters. The molecule has 0 radical (unpaired) electrons. The zero-order chi connectivity index (χ0) is 14.0. The van der Waals surface area contributed by atoms with Gasteiger partial charge in [-0.2, -0.15) is 0 Å². The molecule has 2 aromatic rings. The number of nitrogens with one attached hydrogen (secondary N) is 1. The Hall–Kier alpha value is -1.70. The van der Waals surface area contributed by atoms with Crippen LogP contribution >= 0.6 is 0 Å². The van der Waals surface area contributed by atoms with Crippen molar-refractivity contribution in [1.82, 2.24) is 9.97 Å². The number of aliphatic hydroxyl groups is 2. The average Bonchev–Trinajstić information content (AvgIpc) is 2.89. The van der Waals surface area contributed by atoms with Crippen molar-refractivity contribution in [3.63, 3.8) is 0 Å². The SMILES string of the molecule is C[C@H](O)[C@@H](O)c1cnc(S(=O)(=O)c2ccccc2)[nH]1. The van der Waals surface area contributed by atoms with Crippen molar-refractivity contribution in [2.24, 2.45) is 0 Å². The summed E-state index contributed by atoms with van der Waals surface area (Å²) in [6.07, 6.45) is -1.02. The van der Waals surface area contributed by atoms with Crippen LogP contribution in [0, 0.1) is 0 Å². The number of nitrogens with zero attached hydrogens (tertiary/aromatic N) is 1. The molecule has 2 rings (SSSR count). The molecule has 0 spiro atoms. The molecule has 0 saturated heterocycles. The van der Waals surface area contributed by atoms with E-state index >= 15 is 0 Å². The fraction of sp³-hybridized carbons (Fsp3) is 0.250. The number of aliphatic hydroxyl groups excluding tert-OH is 2. The first-order chi connectivity index (χ1) is 8.93. The van der Waals surface area contributed by atoms with Gasteiger partial charge in [-0.05, 0) is 19.1 Å². The minimum absolute atomic E-state index is 0.113. The summed E-state index contributed by atoms with van der Waals surface area (Å²) in [6, 6.07) is 7.86. The van der Waals surface area contributed by atoms with Gasteiger partial charge >= 0.3 is 0 Å². The van der Waals surface area contributed by atoms with Crippen molar-refractivity contribution in [1.29, 1.82) is 0 Å². The molecule has 0 bridgehead atoms. The highest BCUT2D eigenvalue weighted by Gasteiger charge is 2.23. The van der Waals surface area contributed by atoms with Gasteiger partial charge in [-0.1, -0.05) is 18.2 Å². The van der Waals surface area contributed by atoms with Crippen LogP contribution < -0.4 is 0 Å². The molecule has 0 aliphatic heterocycles. The number of aromatic nitrogens is 2. The minimum Gasteiger partial charge on any atom is -0.390 e. The van der Waals surface area contributed by atoms with E-state index in [1.807, 2.05) is 0 Å². The Morgan fingerprint density at radius 2 is 1.84 bits per heavy atom. The van der Waals surface area contributed by atoms with Gasteiger partial charge in [0.2, 0.25) is 15.0 Å². The Morgan fingerprint density at radius 1 is 1.21 bits per heavy atom. The average molecular weight is 282 g/mol. The minimum atomic E-state index is -3.74. The first kappa shape index (κ1) is 13.7. The second-order valence-electron chi connectivity index (χ2n) is 4.15. The summed E-state index contributed by atoms with van der Waals surface area (Å²) in [4.78, 5) is 6.39. The summed E-state index contributed by atoms with van der Waals surface area (Å²) in [6.45, 7) is 1.40. The van der Waals surface area contributed by atoms with E-state index in [0.29, 0.717) is 0 Å². The maximum atomic E-state index is 12.2. The van der Waals surface area contributed by atoms with Gasteiger partial charge in [0.15, 0.2) is 0 Å². The molecule has 1 aromatic heterocycles.